The average molecular weight is 298 g/mol. The summed E-state index contributed by atoms with van der Waals surface area (Å²) in [5.41, 5.74) is 0.959. The minimum absolute atomic E-state index is 0.136. The van der Waals surface area contributed by atoms with Crippen LogP contribution in [0.25, 0.3) is 0 Å². The largest absolute Gasteiger partial charge is 0.378 e. The van der Waals surface area contributed by atoms with Crippen LogP contribution in [-0.2, 0) is 16.0 Å². The van der Waals surface area contributed by atoms with E-state index in [4.69, 9.17) is 4.74 Å². The van der Waals surface area contributed by atoms with Crippen molar-refractivity contribution in [3.8, 4) is 0 Å². The van der Waals surface area contributed by atoms with Crippen LogP contribution in [0.5, 0.6) is 0 Å². The van der Waals surface area contributed by atoms with Crippen molar-refractivity contribution in [3.63, 3.8) is 0 Å². The first kappa shape index (κ1) is 12.7. The first-order valence-electron chi connectivity index (χ1n) is 5.97. The fraction of sp³-hybridized carbons (Fsp3) is 0.538. The zero-order chi connectivity index (χ0) is 12.1. The van der Waals surface area contributed by atoms with Crippen molar-refractivity contribution < 1.29 is 9.53 Å². The minimum atomic E-state index is 0.136. The van der Waals surface area contributed by atoms with Gasteiger partial charge in [0.25, 0.3) is 0 Å². The van der Waals surface area contributed by atoms with E-state index >= 15 is 0 Å². The molecule has 2 rings (SSSR count). The second kappa shape index (κ2) is 6.26. The van der Waals surface area contributed by atoms with E-state index in [1.54, 1.807) is 12.4 Å². The highest BCUT2D eigenvalue weighted by Gasteiger charge is 2.17. The van der Waals surface area contributed by atoms with Crippen molar-refractivity contribution in [1.82, 2.24) is 4.98 Å². The van der Waals surface area contributed by atoms with E-state index in [0.717, 1.165) is 29.5 Å². The highest BCUT2D eigenvalue weighted by molar-refractivity contribution is 9.10. The van der Waals surface area contributed by atoms with Gasteiger partial charge in [-0.15, -0.1) is 0 Å². The smallest absolute Gasteiger partial charge is 0.139 e. The van der Waals surface area contributed by atoms with E-state index in [1.165, 1.54) is 6.42 Å². The maximum absolute atomic E-state index is 11.9. The maximum atomic E-state index is 11.9. The van der Waals surface area contributed by atoms with Crippen LogP contribution in [0.4, 0.5) is 0 Å². The van der Waals surface area contributed by atoms with Gasteiger partial charge in [0.05, 0.1) is 6.10 Å². The molecule has 0 aromatic carbocycles. The number of nitrogens with zero attached hydrogens (tertiary/aromatic N) is 1. The number of hydrogen-bond acceptors (Lipinski definition) is 3. The predicted octanol–water partition coefficient (Wildman–Crippen LogP) is 2.91. The Balaban J connectivity index is 1.84. The molecule has 1 atom stereocenters. The Bertz CT molecular complexity index is 389. The van der Waals surface area contributed by atoms with Crippen molar-refractivity contribution in [3.05, 3.63) is 28.5 Å². The monoisotopic (exact) mass is 297 g/mol. The molecule has 0 N–H and O–H groups in total. The van der Waals surface area contributed by atoms with Crippen LogP contribution in [0.2, 0.25) is 0 Å². The Hall–Kier alpha value is -0.740. The Morgan fingerprint density at radius 3 is 3.06 bits per heavy atom. The molecular weight excluding hydrogens is 282 g/mol. The molecule has 1 saturated heterocycles. The van der Waals surface area contributed by atoms with E-state index < -0.39 is 0 Å². The molecule has 1 aliphatic heterocycles. The highest BCUT2D eigenvalue weighted by Crippen LogP contribution is 2.17. The Labute approximate surface area is 110 Å². The van der Waals surface area contributed by atoms with Gasteiger partial charge >= 0.3 is 0 Å². The number of rotatable bonds is 4. The first-order valence-corrected chi connectivity index (χ1v) is 6.76. The van der Waals surface area contributed by atoms with Gasteiger partial charge in [0, 0.05) is 36.3 Å². The summed E-state index contributed by atoms with van der Waals surface area (Å²) >= 11 is 3.35. The summed E-state index contributed by atoms with van der Waals surface area (Å²) < 4.78 is 6.48. The molecule has 0 saturated carbocycles. The topological polar surface area (TPSA) is 39.2 Å². The third-order valence-electron chi connectivity index (χ3n) is 2.89. The van der Waals surface area contributed by atoms with E-state index in [1.807, 2.05) is 6.07 Å². The lowest BCUT2D eigenvalue weighted by molar-refractivity contribution is -0.122. The van der Waals surface area contributed by atoms with Gasteiger partial charge in [-0.25, -0.2) is 0 Å². The third kappa shape index (κ3) is 4.21. The standard InChI is InChI=1S/C13H16BrNO2/c14-11-5-10(8-15-9-11)6-12(16)7-13-3-1-2-4-17-13/h5,8-9,13H,1-4,6-7H2. The number of Topliss-reactive ketones (excluding diaryl/α,β-unsaturated/α-hetero) is 1. The van der Waals surface area contributed by atoms with Crippen molar-refractivity contribution in [2.45, 2.75) is 38.2 Å². The second-order valence-corrected chi connectivity index (χ2v) is 5.34. The zero-order valence-electron chi connectivity index (χ0n) is 9.69. The van der Waals surface area contributed by atoms with E-state index in [-0.39, 0.29) is 11.9 Å². The number of hydrogen-bond donors (Lipinski definition) is 0. The molecule has 3 nitrogen and oxygen atoms in total. The van der Waals surface area contributed by atoms with Gasteiger partial charge in [0.15, 0.2) is 0 Å². The van der Waals surface area contributed by atoms with Crippen LogP contribution in [0.1, 0.15) is 31.2 Å². The summed E-state index contributed by atoms with van der Waals surface area (Å²) in [6.07, 6.45) is 7.90. The Morgan fingerprint density at radius 1 is 1.47 bits per heavy atom. The number of pyridine rings is 1. The van der Waals surface area contributed by atoms with Gasteiger partial charge in [0.1, 0.15) is 5.78 Å². The van der Waals surface area contributed by atoms with Crippen LogP contribution in [0, 0.1) is 0 Å². The Morgan fingerprint density at radius 2 is 2.35 bits per heavy atom. The molecular formula is C13H16BrNO2. The van der Waals surface area contributed by atoms with Crippen LogP contribution >= 0.6 is 15.9 Å². The van der Waals surface area contributed by atoms with Crippen LogP contribution in [0.15, 0.2) is 22.9 Å². The number of aromatic nitrogens is 1. The normalized spacial score (nSPS) is 20.2. The first-order chi connectivity index (χ1) is 8.24. The number of carbonyl (C=O) groups excluding carboxylic acids is 1. The molecule has 1 fully saturated rings. The summed E-state index contributed by atoms with van der Waals surface area (Å²) in [6.45, 7) is 0.802. The lowest BCUT2D eigenvalue weighted by atomic mass is 10.0. The zero-order valence-corrected chi connectivity index (χ0v) is 11.3. The maximum Gasteiger partial charge on any atom is 0.139 e. The summed E-state index contributed by atoms with van der Waals surface area (Å²) in [4.78, 5) is 15.9. The highest BCUT2D eigenvalue weighted by atomic mass is 79.9. The quantitative estimate of drug-likeness (QED) is 0.858. The summed E-state index contributed by atoms with van der Waals surface area (Å²) in [5.74, 6) is 0.233. The molecule has 0 radical (unpaired) electrons. The second-order valence-electron chi connectivity index (χ2n) is 4.42. The summed E-state index contributed by atoms with van der Waals surface area (Å²) in [6, 6.07) is 1.94. The number of carbonyl (C=O) groups is 1. The van der Waals surface area contributed by atoms with Crippen molar-refractivity contribution >= 4 is 21.7 Å². The number of ketones is 1. The third-order valence-corrected chi connectivity index (χ3v) is 3.33. The fourth-order valence-electron chi connectivity index (χ4n) is 2.07. The predicted molar refractivity (Wildman–Crippen MR) is 68.9 cm³/mol. The molecule has 0 bridgehead atoms. The molecule has 0 amide bonds. The molecule has 1 aromatic rings. The van der Waals surface area contributed by atoms with E-state index in [9.17, 15) is 4.79 Å². The van der Waals surface area contributed by atoms with Gasteiger partial charge in [-0.05, 0) is 46.8 Å². The molecule has 17 heavy (non-hydrogen) atoms. The van der Waals surface area contributed by atoms with Gasteiger partial charge in [-0.2, -0.15) is 0 Å². The average Bonchev–Trinajstić information content (AvgIpc) is 2.30. The van der Waals surface area contributed by atoms with Crippen molar-refractivity contribution in [2.24, 2.45) is 0 Å². The molecule has 4 heteroatoms. The van der Waals surface area contributed by atoms with Crippen molar-refractivity contribution in [1.29, 1.82) is 0 Å². The molecule has 2 heterocycles. The van der Waals surface area contributed by atoms with Gasteiger partial charge in [-0.3, -0.25) is 9.78 Å². The van der Waals surface area contributed by atoms with Gasteiger partial charge in [0.2, 0.25) is 0 Å². The number of halogens is 1. The van der Waals surface area contributed by atoms with Crippen LogP contribution in [0.3, 0.4) is 0 Å². The van der Waals surface area contributed by atoms with Gasteiger partial charge < -0.3 is 4.74 Å². The van der Waals surface area contributed by atoms with Gasteiger partial charge in [-0.1, -0.05) is 0 Å². The lowest BCUT2D eigenvalue weighted by Crippen LogP contribution is -2.23. The molecule has 0 spiro atoms. The molecule has 1 aromatic heterocycles. The SMILES string of the molecule is O=C(Cc1cncc(Br)c1)CC1CCCCO1. The van der Waals surface area contributed by atoms with Crippen LogP contribution in [-0.4, -0.2) is 23.5 Å². The van der Waals surface area contributed by atoms with E-state index in [0.29, 0.717) is 12.8 Å². The molecule has 92 valence electrons. The summed E-state index contributed by atoms with van der Waals surface area (Å²) in [5, 5.41) is 0. The van der Waals surface area contributed by atoms with Crippen molar-refractivity contribution in [2.75, 3.05) is 6.61 Å². The lowest BCUT2D eigenvalue weighted by Gasteiger charge is -2.21. The van der Waals surface area contributed by atoms with E-state index in [2.05, 4.69) is 20.9 Å². The molecule has 1 aliphatic rings. The minimum Gasteiger partial charge on any atom is -0.378 e. The van der Waals surface area contributed by atoms with Crippen LogP contribution < -0.4 is 0 Å². The molecule has 1 unspecified atom stereocenters. The molecule has 0 aliphatic carbocycles. The fourth-order valence-corrected chi connectivity index (χ4v) is 2.49. The Kier molecular flexibility index (Phi) is 4.68. The summed E-state index contributed by atoms with van der Waals surface area (Å²) in [7, 11) is 0. The number of ether oxygens (including phenoxy) is 1.